The summed E-state index contributed by atoms with van der Waals surface area (Å²) in [4.78, 5) is 22.0. The maximum atomic E-state index is 11.9. The van der Waals surface area contributed by atoms with Crippen LogP contribution in [0.25, 0.3) is 0 Å². The molecule has 3 rings (SSSR count). The van der Waals surface area contributed by atoms with Gasteiger partial charge in [0.1, 0.15) is 5.75 Å². The van der Waals surface area contributed by atoms with Gasteiger partial charge in [0.25, 0.3) is 5.69 Å². The van der Waals surface area contributed by atoms with Gasteiger partial charge in [0.15, 0.2) is 11.5 Å². The van der Waals surface area contributed by atoms with E-state index in [0.717, 1.165) is 17.8 Å². The molecule has 128 valence electrons. The van der Waals surface area contributed by atoms with Crippen molar-refractivity contribution < 1.29 is 24.3 Å². The van der Waals surface area contributed by atoms with E-state index in [1.165, 1.54) is 12.1 Å². The topological polar surface area (TPSA) is 123 Å². The second-order valence-corrected chi connectivity index (χ2v) is 5.16. The lowest BCUT2D eigenvalue weighted by atomic mass is 10.1. The van der Waals surface area contributed by atoms with Crippen LogP contribution >= 0.6 is 0 Å². The Labute approximate surface area is 141 Å². The number of hydrogen-bond acceptors (Lipinski definition) is 7. The maximum Gasteiger partial charge on any atom is 0.270 e. The third-order valence-electron chi connectivity index (χ3n) is 3.42. The number of phenolic OH excluding ortho intramolecular Hbond substituents is 1. The molecule has 1 heterocycles. The Morgan fingerprint density at radius 1 is 1.28 bits per heavy atom. The molecule has 0 atom stereocenters. The number of carbonyl (C=O) groups excluding carboxylic acids is 1. The predicted molar refractivity (Wildman–Crippen MR) is 86.8 cm³/mol. The van der Waals surface area contributed by atoms with E-state index in [9.17, 15) is 20.0 Å². The van der Waals surface area contributed by atoms with Crippen LogP contribution in [0.5, 0.6) is 17.2 Å². The monoisotopic (exact) mass is 343 g/mol. The fourth-order valence-corrected chi connectivity index (χ4v) is 2.21. The second-order valence-electron chi connectivity index (χ2n) is 5.16. The van der Waals surface area contributed by atoms with Gasteiger partial charge in [-0.05, 0) is 23.8 Å². The lowest BCUT2D eigenvalue weighted by molar-refractivity contribution is -0.384. The number of nitrogens with one attached hydrogen (secondary N) is 1. The van der Waals surface area contributed by atoms with Gasteiger partial charge < -0.3 is 14.6 Å². The SMILES string of the molecule is O=C(Cc1ccc2c(c1)OCO2)N/N=C\c1cc([N+](=O)[O-])ccc1O. The van der Waals surface area contributed by atoms with E-state index < -0.39 is 4.92 Å². The van der Waals surface area contributed by atoms with Crippen molar-refractivity contribution in [3.63, 3.8) is 0 Å². The first kappa shape index (κ1) is 16.2. The Hall–Kier alpha value is -3.62. The quantitative estimate of drug-likeness (QED) is 0.484. The molecule has 0 fully saturated rings. The van der Waals surface area contributed by atoms with Gasteiger partial charge in [0, 0.05) is 17.7 Å². The zero-order valence-corrected chi connectivity index (χ0v) is 12.8. The number of non-ortho nitro benzene ring substituents is 1. The Balaban J connectivity index is 1.61. The van der Waals surface area contributed by atoms with Gasteiger partial charge in [0.05, 0.1) is 17.6 Å². The molecule has 0 unspecified atom stereocenters. The molecule has 1 aliphatic rings. The molecule has 0 aromatic heterocycles. The fourth-order valence-electron chi connectivity index (χ4n) is 2.21. The van der Waals surface area contributed by atoms with Crippen molar-refractivity contribution in [1.29, 1.82) is 0 Å². The number of aromatic hydroxyl groups is 1. The van der Waals surface area contributed by atoms with E-state index in [4.69, 9.17) is 9.47 Å². The summed E-state index contributed by atoms with van der Waals surface area (Å²) in [6.07, 6.45) is 1.20. The molecule has 1 amide bonds. The van der Waals surface area contributed by atoms with Crippen molar-refractivity contribution in [3.05, 3.63) is 57.6 Å². The average molecular weight is 343 g/mol. The van der Waals surface area contributed by atoms with Crippen molar-refractivity contribution in [2.45, 2.75) is 6.42 Å². The highest BCUT2D eigenvalue weighted by Crippen LogP contribution is 2.32. The van der Waals surface area contributed by atoms with E-state index >= 15 is 0 Å². The maximum absolute atomic E-state index is 11.9. The number of rotatable bonds is 5. The molecule has 9 heteroatoms. The number of nitro benzene ring substituents is 1. The zero-order chi connectivity index (χ0) is 17.8. The van der Waals surface area contributed by atoms with E-state index in [2.05, 4.69) is 10.5 Å². The summed E-state index contributed by atoms with van der Waals surface area (Å²) >= 11 is 0. The normalized spacial score (nSPS) is 12.3. The minimum atomic E-state index is -0.588. The Kier molecular flexibility index (Phi) is 4.46. The van der Waals surface area contributed by atoms with Crippen molar-refractivity contribution in [3.8, 4) is 17.2 Å². The molecule has 0 saturated carbocycles. The van der Waals surface area contributed by atoms with E-state index in [-0.39, 0.29) is 36.1 Å². The van der Waals surface area contributed by atoms with Gasteiger partial charge in [-0.25, -0.2) is 5.43 Å². The number of carbonyl (C=O) groups is 1. The van der Waals surface area contributed by atoms with Gasteiger partial charge in [-0.1, -0.05) is 6.07 Å². The molecule has 25 heavy (non-hydrogen) atoms. The molecule has 0 aliphatic carbocycles. The lowest BCUT2D eigenvalue weighted by Gasteiger charge is -2.03. The summed E-state index contributed by atoms with van der Waals surface area (Å²) in [7, 11) is 0. The van der Waals surface area contributed by atoms with E-state index in [1.807, 2.05) is 0 Å². The number of benzene rings is 2. The average Bonchev–Trinajstić information content (AvgIpc) is 3.04. The van der Waals surface area contributed by atoms with Crippen LogP contribution < -0.4 is 14.9 Å². The summed E-state index contributed by atoms with van der Waals surface area (Å²) in [5.74, 6) is 0.637. The molecule has 0 radical (unpaired) electrons. The van der Waals surface area contributed by atoms with Crippen LogP contribution in [0.4, 0.5) is 5.69 Å². The summed E-state index contributed by atoms with van der Waals surface area (Å²) < 4.78 is 10.4. The molecule has 9 nitrogen and oxygen atoms in total. The number of hydrogen-bond donors (Lipinski definition) is 2. The third kappa shape index (κ3) is 3.83. The highest BCUT2D eigenvalue weighted by molar-refractivity contribution is 5.86. The van der Waals surface area contributed by atoms with Gasteiger partial charge in [-0.2, -0.15) is 5.10 Å². The molecular formula is C16H13N3O6. The third-order valence-corrected chi connectivity index (χ3v) is 3.42. The van der Waals surface area contributed by atoms with Crippen LogP contribution in [-0.4, -0.2) is 28.9 Å². The van der Waals surface area contributed by atoms with Crippen LogP contribution in [0.15, 0.2) is 41.5 Å². The fraction of sp³-hybridized carbons (Fsp3) is 0.125. The molecule has 1 aliphatic heterocycles. The minimum Gasteiger partial charge on any atom is -0.507 e. The van der Waals surface area contributed by atoms with Crippen molar-refractivity contribution in [2.75, 3.05) is 6.79 Å². The van der Waals surface area contributed by atoms with Crippen LogP contribution in [0.1, 0.15) is 11.1 Å². The first-order valence-corrected chi connectivity index (χ1v) is 7.21. The van der Waals surface area contributed by atoms with E-state index in [1.54, 1.807) is 18.2 Å². The van der Waals surface area contributed by atoms with Gasteiger partial charge in [0.2, 0.25) is 12.7 Å². The van der Waals surface area contributed by atoms with Crippen LogP contribution in [-0.2, 0) is 11.2 Å². The number of nitrogens with zero attached hydrogens (tertiary/aromatic N) is 2. The standard InChI is InChI=1S/C16H13N3O6/c20-13-3-2-12(19(22)23)7-11(13)8-17-18-16(21)6-10-1-4-14-15(5-10)25-9-24-14/h1-5,7-8,20H,6,9H2,(H,18,21)/b17-8-. The Morgan fingerprint density at radius 3 is 2.88 bits per heavy atom. The Bertz CT molecular complexity index is 865. The molecule has 0 bridgehead atoms. The highest BCUT2D eigenvalue weighted by Gasteiger charge is 2.14. The smallest absolute Gasteiger partial charge is 0.270 e. The zero-order valence-electron chi connectivity index (χ0n) is 12.8. The molecular weight excluding hydrogens is 330 g/mol. The Morgan fingerprint density at radius 2 is 2.08 bits per heavy atom. The highest BCUT2D eigenvalue weighted by atomic mass is 16.7. The van der Waals surface area contributed by atoms with Crippen molar-refractivity contribution in [2.24, 2.45) is 5.10 Å². The van der Waals surface area contributed by atoms with E-state index in [0.29, 0.717) is 11.5 Å². The summed E-state index contributed by atoms with van der Waals surface area (Å²) in [6.45, 7) is 0.155. The second kappa shape index (κ2) is 6.87. The van der Waals surface area contributed by atoms with Crippen molar-refractivity contribution >= 4 is 17.8 Å². The predicted octanol–water partition coefficient (Wildman–Crippen LogP) is 1.72. The van der Waals surface area contributed by atoms with Crippen LogP contribution in [0.3, 0.4) is 0 Å². The first-order chi connectivity index (χ1) is 12.0. The molecule has 0 spiro atoms. The van der Waals surface area contributed by atoms with Crippen LogP contribution in [0, 0.1) is 10.1 Å². The summed E-state index contributed by atoms with van der Waals surface area (Å²) in [5, 5.41) is 24.1. The van der Waals surface area contributed by atoms with Gasteiger partial charge >= 0.3 is 0 Å². The van der Waals surface area contributed by atoms with Crippen LogP contribution in [0.2, 0.25) is 0 Å². The lowest BCUT2D eigenvalue weighted by Crippen LogP contribution is -2.19. The molecule has 2 N–H and O–H groups in total. The number of fused-ring (bicyclic) bond motifs is 1. The molecule has 2 aromatic rings. The number of amides is 1. The number of ether oxygens (including phenoxy) is 2. The summed E-state index contributed by atoms with van der Waals surface area (Å²) in [6, 6.07) is 8.68. The number of phenols is 1. The summed E-state index contributed by atoms with van der Waals surface area (Å²) in [5.41, 5.74) is 2.95. The number of hydrazone groups is 1. The minimum absolute atomic E-state index is 0.0644. The van der Waals surface area contributed by atoms with Crippen molar-refractivity contribution in [1.82, 2.24) is 5.43 Å². The molecule has 0 saturated heterocycles. The van der Waals surface area contributed by atoms with Gasteiger partial charge in [-0.3, -0.25) is 14.9 Å². The largest absolute Gasteiger partial charge is 0.507 e. The first-order valence-electron chi connectivity index (χ1n) is 7.21. The van der Waals surface area contributed by atoms with Gasteiger partial charge in [-0.15, -0.1) is 0 Å². The molecule has 2 aromatic carbocycles. The number of nitro groups is 1.